The number of alkyl halides is 3. The molecule has 6 N–H and O–H groups in total. The van der Waals surface area contributed by atoms with Crippen molar-refractivity contribution in [3.8, 4) is 5.75 Å². The second-order valence-corrected chi connectivity index (χ2v) is 5.16. The van der Waals surface area contributed by atoms with Gasteiger partial charge in [-0.3, -0.25) is 9.59 Å². The summed E-state index contributed by atoms with van der Waals surface area (Å²) in [6.07, 6.45) is -8.78. The Morgan fingerprint density at radius 1 is 1.19 bits per heavy atom. The van der Waals surface area contributed by atoms with Gasteiger partial charge in [-0.05, 0) is 12.1 Å². The van der Waals surface area contributed by atoms with Crippen molar-refractivity contribution >= 4 is 17.8 Å². The number of benzene rings is 1. The van der Waals surface area contributed by atoms with E-state index in [0.717, 1.165) is 0 Å². The number of esters is 1. The summed E-state index contributed by atoms with van der Waals surface area (Å²) < 4.78 is 54.4. The molecule has 1 aromatic rings. The summed E-state index contributed by atoms with van der Waals surface area (Å²) in [5.74, 6) is -6.76. The number of ether oxygens (including phenoxy) is 1. The van der Waals surface area contributed by atoms with E-state index in [0.29, 0.717) is 12.1 Å². The van der Waals surface area contributed by atoms with Crippen LogP contribution in [0.1, 0.15) is 20.7 Å². The predicted octanol–water partition coefficient (Wildman–Crippen LogP) is -0.813. The Balaban J connectivity index is 2.95. The minimum atomic E-state index is -4.77. The first-order valence-corrected chi connectivity index (χ1v) is 7.03. The third kappa shape index (κ3) is 6.38. The Hall–Kier alpha value is -2.93. The number of nitrogens with two attached hydrogens (primary N) is 1. The van der Waals surface area contributed by atoms with Crippen LogP contribution in [0.15, 0.2) is 12.1 Å². The number of phenols is 1. The zero-order valence-corrected chi connectivity index (χ0v) is 13.3. The summed E-state index contributed by atoms with van der Waals surface area (Å²) in [7, 11) is 0. The van der Waals surface area contributed by atoms with E-state index in [1.165, 1.54) is 5.32 Å². The molecule has 1 aromatic carbocycles. The number of phenolic OH excluding ortho intramolecular Hbond substituents is 1. The van der Waals surface area contributed by atoms with Gasteiger partial charge < -0.3 is 31.1 Å². The van der Waals surface area contributed by atoms with Gasteiger partial charge in [0.15, 0.2) is 6.10 Å². The van der Waals surface area contributed by atoms with Crippen LogP contribution in [0.2, 0.25) is 0 Å². The number of amides is 2. The number of halogens is 4. The van der Waals surface area contributed by atoms with Gasteiger partial charge in [0.1, 0.15) is 36.4 Å². The van der Waals surface area contributed by atoms with Crippen LogP contribution >= 0.6 is 0 Å². The van der Waals surface area contributed by atoms with Gasteiger partial charge in [0.2, 0.25) is 5.91 Å². The van der Waals surface area contributed by atoms with Crippen molar-refractivity contribution in [3.05, 3.63) is 29.1 Å². The smallest absolute Gasteiger partial charge is 0.405 e. The average molecular weight is 398 g/mol. The molecule has 1 rings (SSSR count). The summed E-state index contributed by atoms with van der Waals surface area (Å²) in [6, 6.07) is 0.818. The number of carbonyl (C=O) groups is 3. The number of rotatable bonds is 7. The molecule has 0 aromatic heterocycles. The van der Waals surface area contributed by atoms with Gasteiger partial charge >= 0.3 is 12.1 Å². The predicted molar refractivity (Wildman–Crippen MR) is 77.9 cm³/mol. The van der Waals surface area contributed by atoms with Crippen LogP contribution in [0, 0.1) is 5.82 Å². The first-order valence-electron chi connectivity index (χ1n) is 7.03. The molecule has 27 heavy (non-hydrogen) atoms. The molecule has 13 heteroatoms. The zero-order valence-electron chi connectivity index (χ0n) is 13.3. The van der Waals surface area contributed by atoms with E-state index in [4.69, 9.17) is 10.8 Å². The quantitative estimate of drug-likeness (QED) is 0.297. The number of aliphatic hydroxyl groups excluding tert-OH is 2. The number of hydrogen-bond donors (Lipinski definition) is 5. The highest BCUT2D eigenvalue weighted by Crippen LogP contribution is 2.25. The molecule has 0 aliphatic rings. The fourth-order valence-corrected chi connectivity index (χ4v) is 1.72. The van der Waals surface area contributed by atoms with Crippen molar-refractivity contribution in [2.24, 2.45) is 5.73 Å². The highest BCUT2D eigenvalue weighted by Gasteiger charge is 2.30. The van der Waals surface area contributed by atoms with Crippen LogP contribution in [-0.2, 0) is 9.53 Å². The molecule has 0 saturated carbocycles. The van der Waals surface area contributed by atoms with E-state index in [1.807, 2.05) is 0 Å². The maximum atomic E-state index is 13.6. The Morgan fingerprint density at radius 3 is 2.26 bits per heavy atom. The molecule has 2 amide bonds. The van der Waals surface area contributed by atoms with Gasteiger partial charge in [0, 0.05) is 0 Å². The lowest BCUT2D eigenvalue weighted by Crippen LogP contribution is -2.41. The normalized spacial score (nSPS) is 13.6. The van der Waals surface area contributed by atoms with E-state index in [1.54, 1.807) is 0 Å². The van der Waals surface area contributed by atoms with Crippen LogP contribution in [0.5, 0.6) is 5.75 Å². The first kappa shape index (κ1) is 22.1. The lowest BCUT2D eigenvalue weighted by molar-refractivity contribution is -0.133. The number of hydrogen-bond acceptors (Lipinski definition) is 7. The maximum Gasteiger partial charge on any atom is 0.405 e. The molecule has 0 bridgehead atoms. The van der Waals surface area contributed by atoms with E-state index in [2.05, 4.69) is 4.74 Å². The number of primary amides is 1. The van der Waals surface area contributed by atoms with Crippen molar-refractivity contribution in [3.63, 3.8) is 0 Å². The second kappa shape index (κ2) is 8.64. The van der Waals surface area contributed by atoms with E-state index in [-0.39, 0.29) is 0 Å². The third-order valence-corrected chi connectivity index (χ3v) is 3.03. The van der Waals surface area contributed by atoms with Gasteiger partial charge in [0.25, 0.3) is 5.91 Å². The molecular weight excluding hydrogens is 384 g/mol. The lowest BCUT2D eigenvalue weighted by Gasteiger charge is -2.15. The lowest BCUT2D eigenvalue weighted by atomic mass is 10.1. The minimum absolute atomic E-state index is 0.392. The third-order valence-electron chi connectivity index (χ3n) is 3.03. The molecule has 0 aliphatic carbocycles. The Bertz CT molecular complexity index is 739. The van der Waals surface area contributed by atoms with Gasteiger partial charge in [-0.25, -0.2) is 9.18 Å². The fraction of sp³-hybridized carbons (Fsp3) is 0.357. The summed E-state index contributed by atoms with van der Waals surface area (Å²) in [4.78, 5) is 34.2. The van der Waals surface area contributed by atoms with E-state index >= 15 is 0 Å². The summed E-state index contributed by atoms with van der Waals surface area (Å²) in [6.45, 7) is -2.76. The number of aliphatic hydroxyl groups is 2. The molecule has 150 valence electrons. The number of aromatic hydroxyl groups is 1. The average Bonchev–Trinajstić information content (AvgIpc) is 2.57. The van der Waals surface area contributed by atoms with Gasteiger partial charge in [0.05, 0.1) is 5.56 Å². The summed E-state index contributed by atoms with van der Waals surface area (Å²) in [5.41, 5.74) is 2.80. The van der Waals surface area contributed by atoms with Crippen LogP contribution in [-0.4, -0.2) is 64.6 Å². The Morgan fingerprint density at radius 2 is 1.74 bits per heavy atom. The molecule has 0 heterocycles. The molecule has 2 unspecified atom stereocenters. The minimum Gasteiger partial charge on any atom is -0.506 e. The molecule has 0 fully saturated rings. The highest BCUT2D eigenvalue weighted by atomic mass is 19.4. The van der Waals surface area contributed by atoms with Gasteiger partial charge in [-0.15, -0.1) is 0 Å². The SMILES string of the molecule is NC(=O)C(O)C(O)COC(=O)c1cc(F)cc(C(=O)NCC(F)(F)F)c1O. The topological polar surface area (TPSA) is 159 Å². The van der Waals surface area contributed by atoms with Crippen molar-refractivity contribution in [1.82, 2.24) is 5.32 Å². The van der Waals surface area contributed by atoms with Crippen molar-refractivity contribution in [1.29, 1.82) is 0 Å². The number of nitrogens with one attached hydrogen (secondary N) is 1. The van der Waals surface area contributed by atoms with Crippen molar-refractivity contribution in [2.75, 3.05) is 13.2 Å². The molecule has 0 saturated heterocycles. The standard InChI is InChI=1S/C14H14F4N2O7/c15-5-1-6(12(25)20-4-14(16,17)18)9(22)7(2-5)13(26)27-3-8(21)10(23)11(19)24/h1-2,8,10,21-23H,3-4H2,(H2,19,24)(H,20,25). The molecule has 9 nitrogen and oxygen atoms in total. The van der Waals surface area contributed by atoms with Crippen LogP contribution in [0.4, 0.5) is 17.6 Å². The fourth-order valence-electron chi connectivity index (χ4n) is 1.72. The molecule has 0 spiro atoms. The molecule has 2 atom stereocenters. The summed E-state index contributed by atoms with van der Waals surface area (Å²) in [5, 5.41) is 29.7. The zero-order chi connectivity index (χ0) is 20.9. The van der Waals surface area contributed by atoms with Gasteiger partial charge in [-0.1, -0.05) is 0 Å². The van der Waals surface area contributed by atoms with Crippen LogP contribution in [0.3, 0.4) is 0 Å². The highest BCUT2D eigenvalue weighted by molar-refractivity contribution is 6.02. The summed E-state index contributed by atoms with van der Waals surface area (Å²) >= 11 is 0. The Kier molecular flexibility index (Phi) is 7.07. The van der Waals surface area contributed by atoms with Crippen molar-refractivity contribution < 1.29 is 52.0 Å². The van der Waals surface area contributed by atoms with E-state index in [9.17, 15) is 42.2 Å². The monoisotopic (exact) mass is 398 g/mol. The van der Waals surface area contributed by atoms with E-state index < -0.39 is 72.0 Å². The van der Waals surface area contributed by atoms with Gasteiger partial charge in [-0.2, -0.15) is 13.2 Å². The molecule has 0 radical (unpaired) electrons. The maximum absolute atomic E-state index is 13.6. The van der Waals surface area contributed by atoms with Crippen LogP contribution < -0.4 is 11.1 Å². The first-order chi connectivity index (χ1) is 12.3. The molecule has 0 aliphatic heterocycles. The largest absolute Gasteiger partial charge is 0.506 e. The van der Waals surface area contributed by atoms with Crippen molar-refractivity contribution in [2.45, 2.75) is 18.4 Å². The molecular formula is C14H14F4N2O7. The second-order valence-electron chi connectivity index (χ2n) is 5.16. The number of carbonyl (C=O) groups excluding carboxylic acids is 3. The Labute approximate surface area is 148 Å². The van der Waals surface area contributed by atoms with Crippen LogP contribution in [0.25, 0.3) is 0 Å².